The first-order valence-electron chi connectivity index (χ1n) is 7.05. The molecule has 0 aliphatic heterocycles. The molecule has 1 rings (SSSR count). The Morgan fingerprint density at radius 2 is 1.91 bits per heavy atom. The van der Waals surface area contributed by atoms with E-state index in [0.29, 0.717) is 6.42 Å². The predicted molar refractivity (Wildman–Crippen MR) is 79.3 cm³/mol. The number of imide groups is 1. The first kappa shape index (κ1) is 18.4. The first-order chi connectivity index (χ1) is 10.9. The van der Waals surface area contributed by atoms with Gasteiger partial charge in [0.2, 0.25) is 0 Å². The van der Waals surface area contributed by atoms with Gasteiger partial charge in [0.1, 0.15) is 0 Å². The van der Waals surface area contributed by atoms with Crippen LogP contribution in [0.25, 0.3) is 0 Å². The lowest BCUT2D eigenvalue weighted by Crippen LogP contribution is -2.44. The number of hydrogen-bond acceptors (Lipinski definition) is 5. The number of rotatable bonds is 7. The average Bonchev–Trinajstić information content (AvgIpc) is 2.51. The molecular formula is C15H19FN2O5. The number of urea groups is 1. The molecule has 126 valence electrons. The molecular weight excluding hydrogens is 307 g/mol. The van der Waals surface area contributed by atoms with Crippen LogP contribution in [-0.4, -0.2) is 37.2 Å². The summed E-state index contributed by atoms with van der Waals surface area (Å²) in [4.78, 5) is 34.2. The molecule has 8 heteroatoms. The molecule has 0 aliphatic rings. The van der Waals surface area contributed by atoms with E-state index in [1.165, 1.54) is 18.2 Å². The van der Waals surface area contributed by atoms with Crippen LogP contribution in [0.4, 0.5) is 9.18 Å². The fourth-order valence-electron chi connectivity index (χ4n) is 1.41. The normalized spacial score (nSPS) is 11.3. The van der Waals surface area contributed by atoms with Gasteiger partial charge in [-0.1, -0.05) is 19.1 Å². The highest BCUT2D eigenvalue weighted by Crippen LogP contribution is 2.14. The van der Waals surface area contributed by atoms with Gasteiger partial charge in [-0.2, -0.15) is 0 Å². The van der Waals surface area contributed by atoms with Gasteiger partial charge < -0.3 is 14.8 Å². The topological polar surface area (TPSA) is 93.7 Å². The molecule has 0 fully saturated rings. The zero-order valence-electron chi connectivity index (χ0n) is 12.9. The smallest absolute Gasteiger partial charge is 0.344 e. The van der Waals surface area contributed by atoms with Gasteiger partial charge in [0, 0.05) is 6.04 Å². The van der Waals surface area contributed by atoms with Crippen molar-refractivity contribution in [2.24, 2.45) is 0 Å². The first-order valence-corrected chi connectivity index (χ1v) is 7.05. The Labute approximate surface area is 133 Å². The molecule has 0 heterocycles. The number of hydrogen-bond donors (Lipinski definition) is 2. The molecule has 0 bridgehead atoms. The highest BCUT2D eigenvalue weighted by atomic mass is 19.1. The highest BCUT2D eigenvalue weighted by Gasteiger charge is 2.13. The molecule has 1 aromatic rings. The molecule has 0 aromatic heterocycles. The van der Waals surface area contributed by atoms with Gasteiger partial charge in [-0.3, -0.25) is 10.1 Å². The van der Waals surface area contributed by atoms with Crippen LogP contribution in [0.3, 0.4) is 0 Å². The zero-order chi connectivity index (χ0) is 17.2. The Morgan fingerprint density at radius 1 is 1.22 bits per heavy atom. The van der Waals surface area contributed by atoms with Gasteiger partial charge >= 0.3 is 12.0 Å². The third-order valence-corrected chi connectivity index (χ3v) is 2.79. The van der Waals surface area contributed by atoms with Gasteiger partial charge in [-0.05, 0) is 25.5 Å². The van der Waals surface area contributed by atoms with E-state index in [-0.39, 0.29) is 11.8 Å². The highest BCUT2D eigenvalue weighted by molar-refractivity contribution is 5.95. The second kappa shape index (κ2) is 9.39. The Balaban J connectivity index is 2.26. The van der Waals surface area contributed by atoms with Gasteiger partial charge in [0.15, 0.2) is 24.8 Å². The second-order valence-electron chi connectivity index (χ2n) is 4.71. The van der Waals surface area contributed by atoms with E-state index < -0.39 is 36.9 Å². The maximum atomic E-state index is 13.2. The summed E-state index contributed by atoms with van der Waals surface area (Å²) in [7, 11) is 0. The van der Waals surface area contributed by atoms with Crippen molar-refractivity contribution in [3.05, 3.63) is 30.1 Å². The molecule has 23 heavy (non-hydrogen) atoms. The van der Waals surface area contributed by atoms with Gasteiger partial charge in [-0.25, -0.2) is 14.0 Å². The number of para-hydroxylation sites is 1. The summed E-state index contributed by atoms with van der Waals surface area (Å²) >= 11 is 0. The van der Waals surface area contributed by atoms with Crippen molar-refractivity contribution in [3.63, 3.8) is 0 Å². The molecule has 0 saturated carbocycles. The lowest BCUT2D eigenvalue weighted by Gasteiger charge is -2.12. The number of carbonyl (C=O) groups excluding carboxylic acids is 3. The van der Waals surface area contributed by atoms with E-state index >= 15 is 0 Å². The van der Waals surface area contributed by atoms with Crippen molar-refractivity contribution in [3.8, 4) is 5.75 Å². The van der Waals surface area contributed by atoms with Crippen LogP contribution >= 0.6 is 0 Å². The standard InChI is InChI=1S/C15H19FN2O5/c1-3-10(2)17-15(21)18-13(19)8-23-14(20)9-22-12-7-5-4-6-11(12)16/h4-7,10H,3,8-9H2,1-2H3,(H2,17,18,19,21)/t10-/m0/s1. The molecule has 2 N–H and O–H groups in total. The van der Waals surface area contributed by atoms with E-state index in [0.717, 1.165) is 0 Å². The molecule has 1 aromatic carbocycles. The van der Waals surface area contributed by atoms with E-state index in [9.17, 15) is 18.8 Å². The van der Waals surface area contributed by atoms with Crippen LogP contribution in [0.15, 0.2) is 24.3 Å². The molecule has 0 spiro atoms. The van der Waals surface area contributed by atoms with Crippen molar-refractivity contribution < 1.29 is 28.2 Å². The summed E-state index contributed by atoms with van der Waals surface area (Å²) in [5.74, 6) is -2.34. The lowest BCUT2D eigenvalue weighted by atomic mass is 10.3. The van der Waals surface area contributed by atoms with Crippen LogP contribution in [0.1, 0.15) is 20.3 Å². The minimum Gasteiger partial charge on any atom is -0.479 e. The zero-order valence-corrected chi connectivity index (χ0v) is 12.9. The van der Waals surface area contributed by atoms with Crippen molar-refractivity contribution in [1.82, 2.24) is 10.6 Å². The Bertz CT molecular complexity index is 565. The number of carbonyl (C=O) groups is 3. The minimum absolute atomic E-state index is 0.0838. The monoisotopic (exact) mass is 326 g/mol. The van der Waals surface area contributed by atoms with Crippen LogP contribution < -0.4 is 15.4 Å². The Morgan fingerprint density at radius 3 is 2.57 bits per heavy atom. The van der Waals surface area contributed by atoms with Crippen LogP contribution in [0.5, 0.6) is 5.75 Å². The maximum Gasteiger partial charge on any atom is 0.344 e. The van der Waals surface area contributed by atoms with Crippen LogP contribution in [0.2, 0.25) is 0 Å². The third kappa shape index (κ3) is 7.25. The summed E-state index contributed by atoms with van der Waals surface area (Å²) in [5, 5.41) is 4.54. The largest absolute Gasteiger partial charge is 0.479 e. The fourth-order valence-corrected chi connectivity index (χ4v) is 1.41. The van der Waals surface area contributed by atoms with Crippen molar-refractivity contribution in [2.75, 3.05) is 13.2 Å². The summed E-state index contributed by atoms with van der Waals surface area (Å²) in [6.45, 7) is 2.48. The van der Waals surface area contributed by atoms with Gasteiger partial charge in [0.25, 0.3) is 5.91 Å². The fraction of sp³-hybridized carbons (Fsp3) is 0.400. The molecule has 3 amide bonds. The number of esters is 1. The summed E-state index contributed by atoms with van der Waals surface area (Å²) in [5.41, 5.74) is 0. The summed E-state index contributed by atoms with van der Waals surface area (Å²) in [6.07, 6.45) is 0.712. The predicted octanol–water partition coefficient (Wildman–Crippen LogP) is 1.37. The molecule has 0 unspecified atom stereocenters. The molecule has 1 atom stereocenters. The maximum absolute atomic E-state index is 13.2. The Kier molecular flexibility index (Phi) is 7.52. The summed E-state index contributed by atoms with van der Waals surface area (Å²) in [6, 6.07) is 4.82. The van der Waals surface area contributed by atoms with Gasteiger partial charge in [-0.15, -0.1) is 0 Å². The van der Waals surface area contributed by atoms with E-state index in [4.69, 9.17) is 4.74 Å². The molecule has 0 aliphatic carbocycles. The number of nitrogens with one attached hydrogen (secondary N) is 2. The van der Waals surface area contributed by atoms with Crippen molar-refractivity contribution >= 4 is 17.9 Å². The van der Waals surface area contributed by atoms with Crippen LogP contribution in [0, 0.1) is 5.82 Å². The number of benzene rings is 1. The van der Waals surface area contributed by atoms with E-state index in [2.05, 4.69) is 10.1 Å². The van der Waals surface area contributed by atoms with E-state index in [1.807, 2.05) is 12.2 Å². The molecule has 7 nitrogen and oxygen atoms in total. The Hall–Kier alpha value is -2.64. The van der Waals surface area contributed by atoms with Crippen LogP contribution in [-0.2, 0) is 14.3 Å². The number of ether oxygens (including phenoxy) is 2. The number of amides is 3. The second-order valence-corrected chi connectivity index (χ2v) is 4.71. The minimum atomic E-state index is -0.856. The van der Waals surface area contributed by atoms with Gasteiger partial charge in [0.05, 0.1) is 0 Å². The third-order valence-electron chi connectivity index (χ3n) is 2.79. The van der Waals surface area contributed by atoms with E-state index in [1.54, 1.807) is 13.0 Å². The quantitative estimate of drug-likeness (QED) is 0.738. The number of halogens is 1. The molecule has 0 radical (unpaired) electrons. The lowest BCUT2D eigenvalue weighted by molar-refractivity contribution is -0.150. The summed E-state index contributed by atoms with van der Waals surface area (Å²) < 4.78 is 22.8. The SMILES string of the molecule is CC[C@H](C)NC(=O)NC(=O)COC(=O)COc1ccccc1F. The van der Waals surface area contributed by atoms with Crippen molar-refractivity contribution in [2.45, 2.75) is 26.3 Å². The molecule has 0 saturated heterocycles. The van der Waals surface area contributed by atoms with Crippen molar-refractivity contribution in [1.29, 1.82) is 0 Å². The average molecular weight is 326 g/mol.